The number of anilines is 1. The van der Waals surface area contributed by atoms with Crippen LogP contribution in [0.1, 0.15) is 5.56 Å². The summed E-state index contributed by atoms with van der Waals surface area (Å²) >= 11 is 0. The second-order valence-electron chi connectivity index (χ2n) is 4.54. The topological polar surface area (TPSA) is 71.3 Å². The number of hydrogen-bond acceptors (Lipinski definition) is 4. The van der Waals surface area contributed by atoms with E-state index in [0.717, 1.165) is 11.3 Å². The predicted molar refractivity (Wildman–Crippen MR) is 82.9 cm³/mol. The fraction of sp³-hybridized carbons (Fsp3) is 0.176. The van der Waals surface area contributed by atoms with Crippen LogP contribution in [0.25, 0.3) is 0 Å². The molecule has 0 saturated carbocycles. The van der Waals surface area contributed by atoms with E-state index >= 15 is 0 Å². The van der Waals surface area contributed by atoms with Gasteiger partial charge in [-0.2, -0.15) is 5.26 Å². The van der Waals surface area contributed by atoms with Gasteiger partial charge in [-0.15, -0.1) is 0 Å². The minimum absolute atomic E-state index is 0.0797. The Balaban J connectivity index is 1.83. The molecule has 0 heterocycles. The van der Waals surface area contributed by atoms with E-state index in [0.29, 0.717) is 17.9 Å². The van der Waals surface area contributed by atoms with Crippen molar-refractivity contribution in [3.05, 3.63) is 54.1 Å². The van der Waals surface area contributed by atoms with Gasteiger partial charge in [0, 0.05) is 5.69 Å². The van der Waals surface area contributed by atoms with E-state index in [2.05, 4.69) is 11.4 Å². The Morgan fingerprint density at radius 2 is 1.73 bits per heavy atom. The van der Waals surface area contributed by atoms with E-state index < -0.39 is 0 Å². The van der Waals surface area contributed by atoms with Crippen molar-refractivity contribution in [1.29, 1.82) is 5.26 Å². The summed E-state index contributed by atoms with van der Waals surface area (Å²) < 4.78 is 10.4. The predicted octanol–water partition coefficient (Wildman–Crippen LogP) is 2.78. The van der Waals surface area contributed by atoms with Crippen LogP contribution in [0.15, 0.2) is 48.5 Å². The van der Waals surface area contributed by atoms with Gasteiger partial charge in [0.25, 0.3) is 5.91 Å². The smallest absolute Gasteiger partial charge is 0.262 e. The maximum Gasteiger partial charge on any atom is 0.262 e. The monoisotopic (exact) mass is 296 g/mol. The van der Waals surface area contributed by atoms with Gasteiger partial charge in [0.05, 0.1) is 19.6 Å². The van der Waals surface area contributed by atoms with Crippen LogP contribution in [0.4, 0.5) is 5.69 Å². The molecule has 5 nitrogen and oxygen atoms in total. The molecule has 0 atom stereocenters. The van der Waals surface area contributed by atoms with Gasteiger partial charge in [0.2, 0.25) is 0 Å². The van der Waals surface area contributed by atoms with Crippen LogP contribution < -0.4 is 14.8 Å². The molecule has 0 aliphatic heterocycles. The Labute approximate surface area is 129 Å². The SMILES string of the molecule is COc1ccc(NC(=O)COc2ccc(CC#N)cc2)cc1. The van der Waals surface area contributed by atoms with Gasteiger partial charge in [0.1, 0.15) is 11.5 Å². The Morgan fingerprint density at radius 1 is 1.09 bits per heavy atom. The Hall–Kier alpha value is -3.00. The summed E-state index contributed by atoms with van der Waals surface area (Å²) in [5.41, 5.74) is 1.59. The molecule has 2 aromatic rings. The molecule has 0 aliphatic carbocycles. The zero-order valence-corrected chi connectivity index (χ0v) is 12.2. The summed E-state index contributed by atoms with van der Waals surface area (Å²) in [7, 11) is 1.59. The quantitative estimate of drug-likeness (QED) is 0.889. The van der Waals surface area contributed by atoms with Crippen LogP contribution in [-0.4, -0.2) is 19.6 Å². The number of hydrogen-bond donors (Lipinski definition) is 1. The molecule has 0 fully saturated rings. The van der Waals surface area contributed by atoms with E-state index in [-0.39, 0.29) is 12.5 Å². The summed E-state index contributed by atoms with van der Waals surface area (Å²) in [4.78, 5) is 11.8. The summed E-state index contributed by atoms with van der Waals surface area (Å²) in [5.74, 6) is 1.07. The van der Waals surface area contributed by atoms with Gasteiger partial charge >= 0.3 is 0 Å². The van der Waals surface area contributed by atoms with Crippen LogP contribution in [-0.2, 0) is 11.2 Å². The first-order chi connectivity index (χ1) is 10.7. The minimum atomic E-state index is -0.244. The van der Waals surface area contributed by atoms with Crippen molar-refractivity contribution in [3.63, 3.8) is 0 Å². The van der Waals surface area contributed by atoms with Gasteiger partial charge in [-0.05, 0) is 42.0 Å². The Kier molecular flexibility index (Phi) is 5.38. The van der Waals surface area contributed by atoms with Gasteiger partial charge in [-0.1, -0.05) is 12.1 Å². The first-order valence-corrected chi connectivity index (χ1v) is 6.74. The maximum absolute atomic E-state index is 11.8. The summed E-state index contributed by atoms with van der Waals surface area (Å²) in [6.45, 7) is -0.0797. The zero-order valence-electron chi connectivity index (χ0n) is 12.2. The Morgan fingerprint density at radius 3 is 2.32 bits per heavy atom. The highest BCUT2D eigenvalue weighted by atomic mass is 16.5. The molecular weight excluding hydrogens is 280 g/mol. The molecular formula is C17H16N2O3. The molecule has 112 valence electrons. The average Bonchev–Trinajstić information content (AvgIpc) is 2.55. The first-order valence-electron chi connectivity index (χ1n) is 6.74. The van der Waals surface area contributed by atoms with Crippen molar-refractivity contribution in [3.8, 4) is 17.6 Å². The highest BCUT2D eigenvalue weighted by Crippen LogP contribution is 2.15. The highest BCUT2D eigenvalue weighted by molar-refractivity contribution is 5.91. The fourth-order valence-corrected chi connectivity index (χ4v) is 1.82. The summed E-state index contributed by atoms with van der Waals surface area (Å²) in [6, 6.07) is 16.2. The average molecular weight is 296 g/mol. The molecule has 2 aromatic carbocycles. The third-order valence-electron chi connectivity index (χ3n) is 2.95. The molecule has 0 bridgehead atoms. The zero-order chi connectivity index (χ0) is 15.8. The number of nitrogens with zero attached hydrogens (tertiary/aromatic N) is 1. The molecule has 0 unspecified atom stereocenters. The normalized spacial score (nSPS) is 9.64. The number of nitriles is 1. The maximum atomic E-state index is 11.8. The molecule has 0 aliphatic rings. The summed E-state index contributed by atoms with van der Waals surface area (Å²) in [6.07, 6.45) is 0.359. The molecule has 0 saturated heterocycles. The molecule has 0 spiro atoms. The standard InChI is InChI=1S/C17H16N2O3/c1-21-15-8-4-14(5-9-15)19-17(20)12-22-16-6-2-13(3-7-16)10-11-18/h2-9H,10,12H2,1H3,(H,19,20). The molecule has 0 radical (unpaired) electrons. The highest BCUT2D eigenvalue weighted by Gasteiger charge is 2.04. The number of methoxy groups -OCH3 is 1. The van der Waals surface area contributed by atoms with Gasteiger partial charge in [-0.25, -0.2) is 0 Å². The molecule has 0 aromatic heterocycles. The second-order valence-corrected chi connectivity index (χ2v) is 4.54. The van der Waals surface area contributed by atoms with Crippen LogP contribution >= 0.6 is 0 Å². The van der Waals surface area contributed by atoms with Crippen LogP contribution in [0.3, 0.4) is 0 Å². The van der Waals surface area contributed by atoms with Gasteiger partial charge in [0.15, 0.2) is 6.61 Å². The molecule has 1 amide bonds. The Bertz CT molecular complexity index is 658. The minimum Gasteiger partial charge on any atom is -0.497 e. The largest absolute Gasteiger partial charge is 0.497 e. The number of benzene rings is 2. The number of rotatable bonds is 6. The van der Waals surface area contributed by atoms with Crippen LogP contribution in [0.2, 0.25) is 0 Å². The van der Waals surface area contributed by atoms with Crippen molar-refractivity contribution < 1.29 is 14.3 Å². The summed E-state index contributed by atoms with van der Waals surface area (Å²) in [5, 5.41) is 11.3. The van der Waals surface area contributed by atoms with E-state index in [4.69, 9.17) is 14.7 Å². The number of ether oxygens (including phenoxy) is 2. The van der Waals surface area contributed by atoms with Crippen molar-refractivity contribution in [1.82, 2.24) is 0 Å². The van der Waals surface area contributed by atoms with Gasteiger partial charge in [-0.3, -0.25) is 4.79 Å². The van der Waals surface area contributed by atoms with Crippen LogP contribution in [0.5, 0.6) is 11.5 Å². The molecule has 2 rings (SSSR count). The lowest BCUT2D eigenvalue weighted by molar-refractivity contribution is -0.118. The van der Waals surface area contributed by atoms with Crippen molar-refractivity contribution in [2.24, 2.45) is 0 Å². The number of nitrogens with one attached hydrogen (secondary N) is 1. The van der Waals surface area contributed by atoms with Gasteiger partial charge < -0.3 is 14.8 Å². The lowest BCUT2D eigenvalue weighted by Crippen LogP contribution is -2.20. The molecule has 5 heteroatoms. The third kappa shape index (κ3) is 4.53. The van der Waals surface area contributed by atoms with Crippen LogP contribution in [0, 0.1) is 11.3 Å². The second kappa shape index (κ2) is 7.70. The lowest BCUT2D eigenvalue weighted by atomic mass is 10.2. The first kappa shape index (κ1) is 15.4. The van der Waals surface area contributed by atoms with E-state index in [1.54, 1.807) is 55.6 Å². The van der Waals surface area contributed by atoms with E-state index in [9.17, 15) is 4.79 Å². The number of carbonyl (C=O) groups excluding carboxylic acids is 1. The molecule has 1 N–H and O–H groups in total. The van der Waals surface area contributed by atoms with E-state index in [1.165, 1.54) is 0 Å². The van der Waals surface area contributed by atoms with Crippen molar-refractivity contribution >= 4 is 11.6 Å². The number of carbonyl (C=O) groups is 1. The third-order valence-corrected chi connectivity index (χ3v) is 2.95. The van der Waals surface area contributed by atoms with E-state index in [1.807, 2.05) is 0 Å². The lowest BCUT2D eigenvalue weighted by Gasteiger charge is -2.08. The van der Waals surface area contributed by atoms with Crippen molar-refractivity contribution in [2.45, 2.75) is 6.42 Å². The van der Waals surface area contributed by atoms with Crippen molar-refractivity contribution in [2.75, 3.05) is 19.0 Å². The molecule has 22 heavy (non-hydrogen) atoms. The number of amides is 1. The fourth-order valence-electron chi connectivity index (χ4n) is 1.82.